The van der Waals surface area contributed by atoms with Gasteiger partial charge in [0.2, 0.25) is 0 Å². The van der Waals surface area contributed by atoms with E-state index in [1.54, 1.807) is 7.11 Å². The number of rotatable bonds is 4. The number of hydrogen-bond donors (Lipinski definition) is 0. The number of carbonyl (C=O) groups is 1. The molecule has 0 heterocycles. The number of aryl methyl sites for hydroxylation is 1. The molecule has 0 saturated heterocycles. The molecule has 0 bridgehead atoms. The zero-order valence-corrected chi connectivity index (χ0v) is 20.5. The number of carbonyl (C=O) groups excluding carboxylic acids is 1. The molecule has 6 rings (SSSR count). The maximum Gasteiger partial charge on any atom is 0.308 e. The zero-order valence-electron chi connectivity index (χ0n) is 20.5. The summed E-state index contributed by atoms with van der Waals surface area (Å²) in [6, 6.07) is 36.1. The Bertz CT molecular complexity index is 1610. The van der Waals surface area contributed by atoms with Crippen molar-refractivity contribution in [2.45, 2.75) is 19.3 Å². The van der Waals surface area contributed by atoms with Crippen LogP contribution in [0.5, 0.6) is 11.5 Å². The summed E-state index contributed by atoms with van der Waals surface area (Å²) in [5.41, 5.74) is 7.96. The Labute approximate surface area is 210 Å². The van der Waals surface area contributed by atoms with Gasteiger partial charge in [-0.2, -0.15) is 0 Å². The fraction of sp³-hybridized carbons (Fsp3) is 0.121. The Balaban J connectivity index is 1.73. The first-order valence-corrected chi connectivity index (χ1v) is 12.1. The standard InChI is InChI=1S/C33H26O3/c1-21-8-18-30-29(20-21)32-28-7-5-4-6-23(28)9-19-31(32)33(30,24-10-14-26(35-3)15-11-24)25-12-16-27(17-13-25)36-22(2)34/h4-20H,1-3H3. The summed E-state index contributed by atoms with van der Waals surface area (Å²) < 4.78 is 10.8. The molecule has 36 heavy (non-hydrogen) atoms. The van der Waals surface area contributed by atoms with Gasteiger partial charge in [-0.1, -0.05) is 84.4 Å². The Hall–Kier alpha value is -4.37. The summed E-state index contributed by atoms with van der Waals surface area (Å²) in [5, 5.41) is 2.47. The van der Waals surface area contributed by atoms with Crippen LogP contribution in [0, 0.1) is 6.92 Å². The third-order valence-corrected chi connectivity index (χ3v) is 7.25. The van der Waals surface area contributed by atoms with Crippen molar-refractivity contribution in [3.8, 4) is 22.6 Å². The van der Waals surface area contributed by atoms with E-state index in [1.807, 2.05) is 24.3 Å². The van der Waals surface area contributed by atoms with E-state index in [0.29, 0.717) is 5.75 Å². The second-order valence-electron chi connectivity index (χ2n) is 9.35. The smallest absolute Gasteiger partial charge is 0.308 e. The number of methoxy groups -OCH3 is 1. The molecule has 1 atom stereocenters. The lowest BCUT2D eigenvalue weighted by Gasteiger charge is -2.34. The molecule has 3 nitrogen and oxygen atoms in total. The number of esters is 1. The average Bonchev–Trinajstić information content (AvgIpc) is 3.19. The maximum absolute atomic E-state index is 11.5. The van der Waals surface area contributed by atoms with E-state index >= 15 is 0 Å². The molecular formula is C33H26O3. The van der Waals surface area contributed by atoms with Gasteiger partial charge in [0.15, 0.2) is 0 Å². The van der Waals surface area contributed by atoms with Crippen molar-refractivity contribution in [2.75, 3.05) is 7.11 Å². The normalized spacial score (nSPS) is 15.9. The van der Waals surface area contributed by atoms with Crippen molar-refractivity contribution in [2.24, 2.45) is 0 Å². The Morgan fingerprint density at radius 2 is 1.36 bits per heavy atom. The van der Waals surface area contributed by atoms with Gasteiger partial charge in [-0.05, 0) is 75.3 Å². The van der Waals surface area contributed by atoms with Crippen molar-refractivity contribution in [3.05, 3.63) is 131 Å². The van der Waals surface area contributed by atoms with Crippen LogP contribution in [0.15, 0.2) is 103 Å². The largest absolute Gasteiger partial charge is 0.497 e. The molecule has 0 N–H and O–H groups in total. The highest BCUT2D eigenvalue weighted by atomic mass is 16.5. The van der Waals surface area contributed by atoms with Gasteiger partial charge >= 0.3 is 5.97 Å². The van der Waals surface area contributed by atoms with Crippen LogP contribution in [0.25, 0.3) is 21.9 Å². The average molecular weight is 471 g/mol. The highest BCUT2D eigenvalue weighted by Crippen LogP contribution is 2.58. The van der Waals surface area contributed by atoms with Crippen LogP contribution < -0.4 is 9.47 Å². The Morgan fingerprint density at radius 3 is 2.03 bits per heavy atom. The molecule has 0 amide bonds. The second-order valence-corrected chi connectivity index (χ2v) is 9.35. The van der Waals surface area contributed by atoms with Gasteiger partial charge in [-0.25, -0.2) is 0 Å². The van der Waals surface area contributed by atoms with Gasteiger partial charge < -0.3 is 9.47 Å². The molecule has 0 aliphatic heterocycles. The number of benzene rings is 5. The van der Waals surface area contributed by atoms with Crippen LogP contribution in [0.2, 0.25) is 0 Å². The van der Waals surface area contributed by atoms with Crippen molar-refractivity contribution >= 4 is 16.7 Å². The molecular weight excluding hydrogens is 444 g/mol. The van der Waals surface area contributed by atoms with Crippen LogP contribution in [0.4, 0.5) is 0 Å². The van der Waals surface area contributed by atoms with E-state index in [2.05, 4.69) is 85.8 Å². The molecule has 0 saturated carbocycles. The van der Waals surface area contributed by atoms with Gasteiger partial charge in [-0.15, -0.1) is 0 Å². The molecule has 1 aliphatic rings. The zero-order chi connectivity index (χ0) is 24.9. The number of fused-ring (bicyclic) bond motifs is 5. The minimum Gasteiger partial charge on any atom is -0.497 e. The lowest BCUT2D eigenvalue weighted by molar-refractivity contribution is -0.131. The SMILES string of the molecule is COc1ccc(C2(c3ccc(OC(C)=O)cc3)c3ccc(C)cc3-c3c2ccc2ccccc32)cc1. The van der Waals surface area contributed by atoms with Crippen LogP contribution in [-0.2, 0) is 10.2 Å². The van der Waals surface area contributed by atoms with Crippen LogP contribution in [0.3, 0.4) is 0 Å². The minimum atomic E-state index is -0.538. The van der Waals surface area contributed by atoms with Gasteiger partial charge in [-0.3, -0.25) is 4.79 Å². The lowest BCUT2D eigenvalue weighted by Crippen LogP contribution is -2.28. The first kappa shape index (κ1) is 22.1. The van der Waals surface area contributed by atoms with E-state index in [9.17, 15) is 4.79 Å². The summed E-state index contributed by atoms with van der Waals surface area (Å²) in [6.07, 6.45) is 0. The van der Waals surface area contributed by atoms with Crippen molar-refractivity contribution in [1.82, 2.24) is 0 Å². The highest BCUT2D eigenvalue weighted by Gasteiger charge is 2.46. The molecule has 0 aromatic heterocycles. The first-order chi connectivity index (χ1) is 17.5. The summed E-state index contributed by atoms with van der Waals surface area (Å²) >= 11 is 0. The van der Waals surface area contributed by atoms with Crippen LogP contribution in [-0.4, -0.2) is 13.1 Å². The second kappa shape index (κ2) is 8.39. The maximum atomic E-state index is 11.5. The third-order valence-electron chi connectivity index (χ3n) is 7.25. The Morgan fingerprint density at radius 1 is 0.722 bits per heavy atom. The molecule has 0 spiro atoms. The molecule has 176 valence electrons. The first-order valence-electron chi connectivity index (χ1n) is 12.1. The van der Waals surface area contributed by atoms with Crippen molar-refractivity contribution < 1.29 is 14.3 Å². The molecule has 5 aromatic rings. The summed E-state index contributed by atoms with van der Waals surface area (Å²) in [4.78, 5) is 11.5. The van der Waals surface area contributed by atoms with Gasteiger partial charge in [0.25, 0.3) is 0 Å². The minimum absolute atomic E-state index is 0.328. The molecule has 3 heteroatoms. The quantitative estimate of drug-likeness (QED) is 0.198. The van der Waals surface area contributed by atoms with E-state index in [-0.39, 0.29) is 5.97 Å². The fourth-order valence-electron chi connectivity index (χ4n) is 5.78. The topological polar surface area (TPSA) is 35.5 Å². The number of hydrogen-bond acceptors (Lipinski definition) is 3. The molecule has 1 aliphatic carbocycles. The molecule has 0 fully saturated rings. The van der Waals surface area contributed by atoms with E-state index in [4.69, 9.17) is 9.47 Å². The predicted octanol–water partition coefficient (Wildman–Crippen LogP) is 7.45. The molecule has 5 aromatic carbocycles. The predicted molar refractivity (Wildman–Crippen MR) is 144 cm³/mol. The summed E-state index contributed by atoms with van der Waals surface area (Å²) in [7, 11) is 1.69. The Kier molecular flexibility index (Phi) is 5.15. The van der Waals surface area contributed by atoms with Gasteiger partial charge in [0, 0.05) is 6.92 Å². The van der Waals surface area contributed by atoms with E-state index in [1.165, 1.54) is 45.5 Å². The van der Waals surface area contributed by atoms with Gasteiger partial charge in [0.1, 0.15) is 11.5 Å². The highest BCUT2D eigenvalue weighted by molar-refractivity contribution is 6.04. The van der Waals surface area contributed by atoms with Crippen LogP contribution in [0.1, 0.15) is 34.7 Å². The van der Waals surface area contributed by atoms with E-state index in [0.717, 1.165) is 16.9 Å². The van der Waals surface area contributed by atoms with Crippen LogP contribution >= 0.6 is 0 Å². The summed E-state index contributed by atoms with van der Waals surface area (Å²) in [6.45, 7) is 3.57. The third kappa shape index (κ3) is 3.24. The fourth-order valence-corrected chi connectivity index (χ4v) is 5.78. The number of ether oxygens (including phenoxy) is 2. The monoisotopic (exact) mass is 470 g/mol. The van der Waals surface area contributed by atoms with Crippen molar-refractivity contribution in [1.29, 1.82) is 0 Å². The lowest BCUT2D eigenvalue weighted by atomic mass is 9.67. The molecule has 1 unspecified atom stereocenters. The van der Waals surface area contributed by atoms with Gasteiger partial charge in [0.05, 0.1) is 12.5 Å². The molecule has 0 radical (unpaired) electrons. The van der Waals surface area contributed by atoms with E-state index < -0.39 is 5.41 Å². The van der Waals surface area contributed by atoms with Crippen molar-refractivity contribution in [3.63, 3.8) is 0 Å². The summed E-state index contributed by atoms with van der Waals surface area (Å²) in [5.74, 6) is 1.03.